The number of anilines is 1. The van der Waals surface area contributed by atoms with Crippen molar-refractivity contribution in [3.63, 3.8) is 0 Å². The number of benzene rings is 2. The number of likely N-dealkylation sites (tertiary alicyclic amines) is 1. The van der Waals surface area contributed by atoms with E-state index < -0.39 is 0 Å². The van der Waals surface area contributed by atoms with Crippen LogP contribution in [0, 0.1) is 0 Å². The number of hydrogen-bond donors (Lipinski definition) is 2. The lowest BCUT2D eigenvalue weighted by atomic mass is 10.1. The quantitative estimate of drug-likeness (QED) is 0.402. The first-order chi connectivity index (χ1) is 16.1. The summed E-state index contributed by atoms with van der Waals surface area (Å²) in [6, 6.07) is 14.3. The smallest absolute Gasteiger partial charge is 0.261 e. The maximum absolute atomic E-state index is 12.7. The molecule has 1 saturated heterocycles. The Hall–Kier alpha value is -2.93. The van der Waals surface area contributed by atoms with E-state index in [-0.39, 0.29) is 16.9 Å². The summed E-state index contributed by atoms with van der Waals surface area (Å²) in [5.74, 6) is 0.284. The monoisotopic (exact) mass is 467 g/mol. The van der Waals surface area contributed by atoms with Gasteiger partial charge in [0.15, 0.2) is 5.11 Å². The molecule has 7 heteroatoms. The largest absolute Gasteiger partial charge is 0.493 e. The van der Waals surface area contributed by atoms with E-state index in [0.29, 0.717) is 29.2 Å². The highest BCUT2D eigenvalue weighted by Crippen LogP contribution is 2.19. The third kappa shape index (κ3) is 7.56. The van der Waals surface area contributed by atoms with Gasteiger partial charge >= 0.3 is 0 Å². The molecule has 1 aliphatic heterocycles. The zero-order valence-corrected chi connectivity index (χ0v) is 20.1. The molecular weight excluding hydrogens is 434 g/mol. The summed E-state index contributed by atoms with van der Waals surface area (Å²) < 4.78 is 5.79. The lowest BCUT2D eigenvalue weighted by Gasteiger charge is -2.20. The molecule has 2 amide bonds. The molecular formula is C26H33N3O3S. The summed E-state index contributed by atoms with van der Waals surface area (Å²) in [7, 11) is 0. The highest BCUT2D eigenvalue weighted by atomic mass is 32.1. The normalized spacial score (nSPS) is 13.7. The Morgan fingerprint density at radius 1 is 0.970 bits per heavy atom. The van der Waals surface area contributed by atoms with Crippen LogP contribution in [0.1, 0.15) is 72.6 Å². The number of nitrogens with one attached hydrogen (secondary N) is 2. The van der Waals surface area contributed by atoms with E-state index in [0.717, 1.165) is 45.2 Å². The zero-order valence-electron chi connectivity index (χ0n) is 19.3. The highest BCUT2D eigenvalue weighted by molar-refractivity contribution is 7.80. The fraction of sp³-hybridized carbons (Fsp3) is 0.423. The topological polar surface area (TPSA) is 70.7 Å². The Kier molecular flexibility index (Phi) is 9.69. The molecule has 0 aromatic heterocycles. The molecule has 0 atom stereocenters. The first-order valence-corrected chi connectivity index (χ1v) is 12.2. The second-order valence-corrected chi connectivity index (χ2v) is 8.65. The second kappa shape index (κ2) is 12.9. The molecule has 2 aromatic rings. The molecule has 6 nitrogen and oxygen atoms in total. The number of carbonyl (C=O) groups is 2. The number of unbranched alkanes of at least 4 members (excludes halogenated alkanes) is 2. The van der Waals surface area contributed by atoms with Crippen molar-refractivity contribution in [2.75, 3.05) is 25.0 Å². The van der Waals surface area contributed by atoms with Crippen LogP contribution in [-0.2, 0) is 0 Å². The fourth-order valence-corrected chi connectivity index (χ4v) is 4.01. The van der Waals surface area contributed by atoms with E-state index in [1.54, 1.807) is 42.5 Å². The first kappa shape index (κ1) is 24.7. The van der Waals surface area contributed by atoms with E-state index in [2.05, 4.69) is 17.6 Å². The third-order valence-electron chi connectivity index (χ3n) is 5.65. The summed E-state index contributed by atoms with van der Waals surface area (Å²) >= 11 is 5.32. The van der Waals surface area contributed by atoms with Crippen molar-refractivity contribution >= 4 is 34.8 Å². The maximum atomic E-state index is 12.7. The molecule has 1 fully saturated rings. The standard InChI is InChI=1S/C26H33N3O3S/c1-2-3-10-19-32-23-12-7-6-11-22(23)24(30)28-26(33)27-21-15-13-20(14-16-21)25(31)29-17-8-4-5-9-18-29/h6-7,11-16H,2-5,8-10,17-19H2,1H3,(H2,27,28,30,33). The molecule has 0 aliphatic carbocycles. The zero-order chi connectivity index (χ0) is 23.5. The van der Waals surface area contributed by atoms with Crippen molar-refractivity contribution in [3.8, 4) is 5.75 Å². The molecule has 176 valence electrons. The molecule has 0 spiro atoms. The number of nitrogens with zero attached hydrogens (tertiary/aromatic N) is 1. The van der Waals surface area contributed by atoms with Gasteiger partial charge in [-0.1, -0.05) is 44.7 Å². The van der Waals surface area contributed by atoms with Crippen LogP contribution in [0.5, 0.6) is 5.75 Å². The van der Waals surface area contributed by atoms with Crippen molar-refractivity contribution in [1.82, 2.24) is 10.2 Å². The highest BCUT2D eigenvalue weighted by Gasteiger charge is 2.17. The Morgan fingerprint density at radius 3 is 2.36 bits per heavy atom. The average Bonchev–Trinajstić information content (AvgIpc) is 3.12. The number of para-hydroxylation sites is 1. The number of ether oxygens (including phenoxy) is 1. The van der Waals surface area contributed by atoms with Crippen LogP contribution in [0.25, 0.3) is 0 Å². The molecule has 3 rings (SSSR count). The lowest BCUT2D eigenvalue weighted by Crippen LogP contribution is -2.34. The number of rotatable bonds is 8. The number of carbonyl (C=O) groups excluding carboxylic acids is 2. The summed E-state index contributed by atoms with van der Waals surface area (Å²) in [6.45, 7) is 4.34. The van der Waals surface area contributed by atoms with E-state index >= 15 is 0 Å². The van der Waals surface area contributed by atoms with Gasteiger partial charge in [0, 0.05) is 24.3 Å². The second-order valence-electron chi connectivity index (χ2n) is 8.24. The lowest BCUT2D eigenvalue weighted by molar-refractivity contribution is 0.0761. The van der Waals surface area contributed by atoms with Gasteiger partial charge < -0.3 is 15.0 Å². The van der Waals surface area contributed by atoms with Crippen LogP contribution in [0.3, 0.4) is 0 Å². The predicted octanol–water partition coefficient (Wildman–Crippen LogP) is 5.40. The SMILES string of the molecule is CCCCCOc1ccccc1C(=O)NC(=S)Nc1ccc(C(=O)N2CCCCCC2)cc1. The van der Waals surface area contributed by atoms with Crippen LogP contribution in [-0.4, -0.2) is 41.5 Å². The molecule has 2 aromatic carbocycles. The van der Waals surface area contributed by atoms with Crippen molar-refractivity contribution in [2.45, 2.75) is 51.9 Å². The Bertz CT molecular complexity index is 938. The minimum absolute atomic E-state index is 0.0647. The van der Waals surface area contributed by atoms with Crippen LogP contribution in [0.15, 0.2) is 48.5 Å². The molecule has 1 heterocycles. The summed E-state index contributed by atoms with van der Waals surface area (Å²) in [6.07, 6.45) is 7.64. The van der Waals surface area contributed by atoms with E-state index in [1.165, 1.54) is 12.8 Å². The van der Waals surface area contributed by atoms with Gasteiger partial charge in [-0.25, -0.2) is 0 Å². The minimum Gasteiger partial charge on any atom is -0.493 e. The Balaban J connectivity index is 1.54. The first-order valence-electron chi connectivity index (χ1n) is 11.8. The Labute approximate surface area is 201 Å². The minimum atomic E-state index is -0.327. The summed E-state index contributed by atoms with van der Waals surface area (Å²) in [4.78, 5) is 27.4. The maximum Gasteiger partial charge on any atom is 0.261 e. The van der Waals surface area contributed by atoms with E-state index in [4.69, 9.17) is 17.0 Å². The number of amides is 2. The number of thiocarbonyl (C=S) groups is 1. The average molecular weight is 468 g/mol. The van der Waals surface area contributed by atoms with Gasteiger partial charge in [0.2, 0.25) is 0 Å². The van der Waals surface area contributed by atoms with Crippen LogP contribution in [0.4, 0.5) is 5.69 Å². The Morgan fingerprint density at radius 2 is 1.67 bits per heavy atom. The third-order valence-corrected chi connectivity index (χ3v) is 5.85. The molecule has 0 bridgehead atoms. The van der Waals surface area contributed by atoms with E-state index in [1.807, 2.05) is 11.0 Å². The molecule has 0 radical (unpaired) electrons. The molecule has 2 N–H and O–H groups in total. The predicted molar refractivity (Wildman–Crippen MR) is 136 cm³/mol. The van der Waals surface area contributed by atoms with Gasteiger partial charge in [-0.2, -0.15) is 0 Å². The van der Waals surface area contributed by atoms with Crippen LogP contribution in [0.2, 0.25) is 0 Å². The van der Waals surface area contributed by atoms with Gasteiger partial charge in [0.1, 0.15) is 5.75 Å². The molecule has 0 saturated carbocycles. The summed E-state index contributed by atoms with van der Waals surface area (Å²) in [5.41, 5.74) is 1.81. The van der Waals surface area contributed by atoms with Crippen molar-refractivity contribution < 1.29 is 14.3 Å². The fourth-order valence-electron chi connectivity index (χ4n) is 3.80. The molecule has 0 unspecified atom stereocenters. The van der Waals surface area contributed by atoms with Crippen molar-refractivity contribution in [3.05, 3.63) is 59.7 Å². The van der Waals surface area contributed by atoms with Gasteiger partial charge in [-0.15, -0.1) is 0 Å². The summed E-state index contributed by atoms with van der Waals surface area (Å²) in [5, 5.41) is 5.91. The van der Waals surface area contributed by atoms with Crippen LogP contribution >= 0.6 is 12.2 Å². The molecule has 1 aliphatic rings. The van der Waals surface area contributed by atoms with Gasteiger partial charge in [0.05, 0.1) is 12.2 Å². The molecule has 33 heavy (non-hydrogen) atoms. The van der Waals surface area contributed by atoms with Crippen LogP contribution < -0.4 is 15.4 Å². The van der Waals surface area contributed by atoms with Gasteiger partial charge in [-0.05, 0) is 67.9 Å². The number of hydrogen-bond acceptors (Lipinski definition) is 4. The van der Waals surface area contributed by atoms with Gasteiger partial charge in [-0.3, -0.25) is 14.9 Å². The van der Waals surface area contributed by atoms with Gasteiger partial charge in [0.25, 0.3) is 11.8 Å². The van der Waals surface area contributed by atoms with Crippen molar-refractivity contribution in [1.29, 1.82) is 0 Å². The van der Waals surface area contributed by atoms with E-state index in [9.17, 15) is 9.59 Å². The van der Waals surface area contributed by atoms with Crippen molar-refractivity contribution in [2.24, 2.45) is 0 Å².